The molecular weight excluding hydrogens is 386 g/mol. The van der Waals surface area contributed by atoms with Crippen molar-refractivity contribution < 1.29 is 33.6 Å². The van der Waals surface area contributed by atoms with Crippen molar-refractivity contribution in [2.75, 3.05) is 54.1 Å². The molecule has 1 aromatic rings. The van der Waals surface area contributed by atoms with Crippen molar-refractivity contribution in [3.8, 4) is 11.5 Å². The summed E-state index contributed by atoms with van der Waals surface area (Å²) in [5, 5.41) is 2.87. The van der Waals surface area contributed by atoms with Crippen LogP contribution in [-0.2, 0) is 20.9 Å². The van der Waals surface area contributed by atoms with Crippen molar-refractivity contribution >= 4 is 11.9 Å². The summed E-state index contributed by atoms with van der Waals surface area (Å²) in [6, 6.07) is 5.46. The zero-order valence-corrected chi connectivity index (χ0v) is 18.9. The van der Waals surface area contributed by atoms with Crippen LogP contribution in [0.4, 0.5) is 0 Å². The Balaban J connectivity index is 1.82. The average Bonchev–Trinajstić information content (AvgIpc) is 2.77. The van der Waals surface area contributed by atoms with E-state index in [1.807, 2.05) is 26.0 Å². The number of benzene rings is 1. The molecule has 1 amide bonds. The third-order valence-corrected chi connectivity index (χ3v) is 5.96. The van der Waals surface area contributed by atoms with Gasteiger partial charge in [0.25, 0.3) is 5.91 Å². The van der Waals surface area contributed by atoms with Gasteiger partial charge in [-0.1, -0.05) is 20.3 Å². The normalized spacial score (nSPS) is 20.7. The number of amides is 1. The van der Waals surface area contributed by atoms with Crippen molar-refractivity contribution in [3.05, 3.63) is 23.8 Å². The Morgan fingerprint density at radius 3 is 2.23 bits per heavy atom. The lowest BCUT2D eigenvalue weighted by molar-refractivity contribution is -1.02. The van der Waals surface area contributed by atoms with Crippen LogP contribution >= 0.6 is 0 Å². The predicted octanol–water partition coefficient (Wildman–Crippen LogP) is -1.31. The van der Waals surface area contributed by atoms with E-state index in [1.165, 1.54) is 22.5 Å². The molecule has 8 heteroatoms. The standard InChI is InChI=1S/C22H35N3O5/c1-6-16(2)21(22(27)30-5)23-20(26)15-25-11-9-24(10-12-25)14-17-7-8-18(28-3)19(13-17)29-4/h7-8,13,16,21H,6,9-12,14-15H2,1-5H3,(H,23,26)/p+2/t16-,21-/m1/s1. The van der Waals surface area contributed by atoms with Crippen LogP contribution in [-0.4, -0.2) is 72.0 Å². The van der Waals surface area contributed by atoms with Gasteiger partial charge in [0.15, 0.2) is 18.0 Å². The van der Waals surface area contributed by atoms with Crippen LogP contribution in [0.2, 0.25) is 0 Å². The molecule has 0 bridgehead atoms. The molecule has 1 aromatic carbocycles. The van der Waals surface area contributed by atoms with E-state index in [9.17, 15) is 9.59 Å². The Morgan fingerprint density at radius 1 is 1.03 bits per heavy atom. The molecule has 1 aliphatic rings. The van der Waals surface area contributed by atoms with Crippen molar-refractivity contribution in [2.45, 2.75) is 32.9 Å². The van der Waals surface area contributed by atoms with Gasteiger partial charge in [-0.15, -0.1) is 0 Å². The van der Waals surface area contributed by atoms with Gasteiger partial charge in [-0.25, -0.2) is 4.79 Å². The summed E-state index contributed by atoms with van der Waals surface area (Å²) in [6.45, 7) is 9.06. The van der Waals surface area contributed by atoms with Gasteiger partial charge in [0.05, 0.1) is 21.3 Å². The van der Waals surface area contributed by atoms with E-state index < -0.39 is 6.04 Å². The molecule has 0 unspecified atom stereocenters. The van der Waals surface area contributed by atoms with Crippen molar-refractivity contribution in [1.29, 1.82) is 0 Å². The predicted molar refractivity (Wildman–Crippen MR) is 113 cm³/mol. The number of piperazine rings is 1. The van der Waals surface area contributed by atoms with E-state index in [4.69, 9.17) is 14.2 Å². The first-order valence-corrected chi connectivity index (χ1v) is 10.7. The number of ether oxygens (including phenoxy) is 3. The van der Waals surface area contributed by atoms with Crippen molar-refractivity contribution in [3.63, 3.8) is 0 Å². The number of nitrogens with one attached hydrogen (secondary N) is 3. The fourth-order valence-corrected chi connectivity index (χ4v) is 3.84. The van der Waals surface area contributed by atoms with E-state index in [0.717, 1.165) is 50.6 Å². The van der Waals surface area contributed by atoms with Gasteiger partial charge in [0.2, 0.25) is 0 Å². The van der Waals surface area contributed by atoms with Crippen LogP contribution < -0.4 is 24.6 Å². The molecule has 1 heterocycles. The molecule has 0 saturated carbocycles. The smallest absolute Gasteiger partial charge is 0.328 e. The summed E-state index contributed by atoms with van der Waals surface area (Å²) in [5.41, 5.74) is 1.21. The molecule has 30 heavy (non-hydrogen) atoms. The summed E-state index contributed by atoms with van der Waals surface area (Å²) in [4.78, 5) is 27.2. The maximum Gasteiger partial charge on any atom is 0.328 e. The molecule has 0 radical (unpaired) electrons. The number of methoxy groups -OCH3 is 3. The zero-order chi connectivity index (χ0) is 22.1. The molecule has 8 nitrogen and oxygen atoms in total. The highest BCUT2D eigenvalue weighted by Crippen LogP contribution is 2.27. The Labute approximate surface area is 179 Å². The second-order valence-corrected chi connectivity index (χ2v) is 8.00. The number of hydrogen-bond acceptors (Lipinski definition) is 5. The van der Waals surface area contributed by atoms with Gasteiger partial charge in [-0.05, 0) is 24.1 Å². The molecular formula is C22H37N3O5+2. The molecule has 0 aliphatic carbocycles. The molecule has 1 saturated heterocycles. The van der Waals surface area contributed by atoms with Crippen molar-refractivity contribution in [1.82, 2.24) is 5.32 Å². The molecule has 0 spiro atoms. The molecule has 1 aliphatic heterocycles. The second kappa shape index (κ2) is 11.8. The number of esters is 1. The van der Waals surface area contributed by atoms with Gasteiger partial charge in [-0.2, -0.15) is 0 Å². The third-order valence-electron chi connectivity index (χ3n) is 5.96. The lowest BCUT2D eigenvalue weighted by Crippen LogP contribution is -3.28. The summed E-state index contributed by atoms with van der Waals surface area (Å²) in [5.74, 6) is 1.05. The number of hydrogen-bond donors (Lipinski definition) is 3. The van der Waals surface area contributed by atoms with Crippen LogP contribution in [0.15, 0.2) is 18.2 Å². The molecule has 3 N–H and O–H groups in total. The topological polar surface area (TPSA) is 82.7 Å². The highest BCUT2D eigenvalue weighted by atomic mass is 16.5. The second-order valence-electron chi connectivity index (χ2n) is 8.00. The number of carbonyl (C=O) groups excluding carboxylic acids is 2. The highest BCUT2D eigenvalue weighted by Gasteiger charge is 2.30. The maximum absolute atomic E-state index is 12.5. The van der Waals surface area contributed by atoms with Crippen LogP contribution in [0, 0.1) is 5.92 Å². The minimum Gasteiger partial charge on any atom is -0.493 e. The van der Waals surface area contributed by atoms with Gasteiger partial charge in [0, 0.05) is 5.56 Å². The summed E-state index contributed by atoms with van der Waals surface area (Å²) in [6.07, 6.45) is 0.797. The van der Waals surface area contributed by atoms with E-state index in [-0.39, 0.29) is 17.8 Å². The number of quaternary nitrogens is 2. The molecule has 168 valence electrons. The Bertz CT molecular complexity index is 704. The quantitative estimate of drug-likeness (QED) is 0.407. The minimum absolute atomic E-state index is 0.0409. The molecule has 1 fully saturated rings. The SMILES string of the molecule is CC[C@@H](C)[C@@H](NC(=O)C[NH+]1CC[NH+](Cc2ccc(OC)c(OC)c2)CC1)C(=O)OC. The van der Waals surface area contributed by atoms with E-state index >= 15 is 0 Å². The fourth-order valence-electron chi connectivity index (χ4n) is 3.84. The Kier molecular flexibility index (Phi) is 9.39. The first-order valence-electron chi connectivity index (χ1n) is 10.7. The fraction of sp³-hybridized carbons (Fsp3) is 0.636. The minimum atomic E-state index is -0.580. The maximum atomic E-state index is 12.5. The van der Waals surface area contributed by atoms with Gasteiger partial charge in [0.1, 0.15) is 38.8 Å². The Morgan fingerprint density at radius 2 is 1.67 bits per heavy atom. The third kappa shape index (κ3) is 6.60. The van der Waals surface area contributed by atoms with Crippen molar-refractivity contribution in [2.24, 2.45) is 5.92 Å². The molecule has 0 aromatic heterocycles. The first-order chi connectivity index (χ1) is 14.4. The van der Waals surface area contributed by atoms with E-state index in [1.54, 1.807) is 14.2 Å². The molecule has 2 atom stereocenters. The monoisotopic (exact) mass is 423 g/mol. The first kappa shape index (κ1) is 24.0. The lowest BCUT2D eigenvalue weighted by atomic mass is 9.99. The highest BCUT2D eigenvalue weighted by molar-refractivity contribution is 5.85. The van der Waals surface area contributed by atoms with E-state index in [0.29, 0.717) is 6.54 Å². The summed E-state index contributed by atoms with van der Waals surface area (Å²) >= 11 is 0. The van der Waals surface area contributed by atoms with Crippen LogP contribution in [0.3, 0.4) is 0 Å². The average molecular weight is 424 g/mol. The summed E-state index contributed by atoms with van der Waals surface area (Å²) < 4.78 is 15.5. The van der Waals surface area contributed by atoms with Gasteiger partial charge in [-0.3, -0.25) is 4.79 Å². The van der Waals surface area contributed by atoms with E-state index in [2.05, 4.69) is 11.4 Å². The lowest BCUT2D eigenvalue weighted by Gasteiger charge is -2.30. The Hall–Kier alpha value is -2.32. The van der Waals surface area contributed by atoms with Gasteiger partial charge >= 0.3 is 5.97 Å². The number of rotatable bonds is 10. The van der Waals surface area contributed by atoms with Crippen LogP contribution in [0.25, 0.3) is 0 Å². The largest absolute Gasteiger partial charge is 0.493 e. The van der Waals surface area contributed by atoms with Gasteiger partial charge < -0.3 is 29.3 Å². The van der Waals surface area contributed by atoms with Crippen LogP contribution in [0.5, 0.6) is 11.5 Å². The summed E-state index contributed by atoms with van der Waals surface area (Å²) in [7, 11) is 4.64. The van der Waals surface area contributed by atoms with Crippen LogP contribution in [0.1, 0.15) is 25.8 Å². The zero-order valence-electron chi connectivity index (χ0n) is 18.9. The number of carbonyl (C=O) groups is 2. The molecule has 2 rings (SSSR count).